The van der Waals surface area contributed by atoms with E-state index in [2.05, 4.69) is 4.98 Å². The molecule has 0 atom stereocenters. The van der Waals surface area contributed by atoms with Crippen molar-refractivity contribution in [3.05, 3.63) is 23.5 Å². The molecule has 0 radical (unpaired) electrons. The second kappa shape index (κ2) is 5.51. The molecule has 0 saturated carbocycles. The number of rotatable bonds is 5. The third kappa shape index (κ3) is 3.36. The molecular formula is C8H9ClF2N2O2S. The fraction of sp³-hybridized carbons (Fsp3) is 0.375. The van der Waals surface area contributed by atoms with Crippen LogP contribution < -0.4 is 4.72 Å². The Morgan fingerprint density at radius 3 is 2.44 bits per heavy atom. The van der Waals surface area contributed by atoms with Crippen molar-refractivity contribution in [3.63, 3.8) is 0 Å². The van der Waals surface area contributed by atoms with Crippen molar-refractivity contribution < 1.29 is 17.2 Å². The number of sulfonamides is 1. The van der Waals surface area contributed by atoms with Crippen LogP contribution in [-0.2, 0) is 10.0 Å². The Hall–Kier alpha value is -0.790. The predicted molar refractivity (Wildman–Crippen MR) is 55.3 cm³/mol. The summed E-state index contributed by atoms with van der Waals surface area (Å²) in [5.74, 6) is 0. The van der Waals surface area contributed by atoms with E-state index in [1.165, 1.54) is 12.1 Å². The molecule has 1 heterocycles. The SMILES string of the molecule is O=S(=O)(NC(CF)CF)c1ccc(Cl)nc1. The summed E-state index contributed by atoms with van der Waals surface area (Å²) in [7, 11) is -3.95. The zero-order valence-electron chi connectivity index (χ0n) is 8.03. The summed E-state index contributed by atoms with van der Waals surface area (Å²) < 4.78 is 49.3. The van der Waals surface area contributed by atoms with Crippen LogP contribution in [0.5, 0.6) is 0 Å². The van der Waals surface area contributed by atoms with Gasteiger partial charge in [-0.2, -0.15) is 0 Å². The molecule has 1 aromatic heterocycles. The summed E-state index contributed by atoms with van der Waals surface area (Å²) in [5, 5.41) is 0.131. The van der Waals surface area contributed by atoms with E-state index in [9.17, 15) is 17.2 Å². The predicted octanol–water partition coefficient (Wildman–Crippen LogP) is 1.32. The number of nitrogens with zero attached hydrogens (tertiary/aromatic N) is 1. The smallest absolute Gasteiger partial charge is 0.242 e. The topological polar surface area (TPSA) is 59.1 Å². The number of hydrogen-bond donors (Lipinski definition) is 1. The molecular weight excluding hydrogens is 262 g/mol. The van der Waals surface area contributed by atoms with Gasteiger partial charge in [0.05, 0.1) is 6.04 Å². The number of nitrogens with one attached hydrogen (secondary N) is 1. The van der Waals surface area contributed by atoms with Crippen molar-refractivity contribution in [2.45, 2.75) is 10.9 Å². The molecule has 16 heavy (non-hydrogen) atoms. The number of alkyl halides is 2. The molecule has 0 unspecified atom stereocenters. The fourth-order valence-corrected chi connectivity index (χ4v) is 2.16. The van der Waals surface area contributed by atoms with E-state index in [0.29, 0.717) is 0 Å². The molecule has 0 aliphatic heterocycles. The van der Waals surface area contributed by atoms with E-state index in [-0.39, 0.29) is 10.0 Å². The third-order valence-electron chi connectivity index (χ3n) is 1.70. The summed E-state index contributed by atoms with van der Waals surface area (Å²) in [6.45, 7) is -2.23. The van der Waals surface area contributed by atoms with Gasteiger partial charge in [-0.05, 0) is 12.1 Å². The first-order chi connectivity index (χ1) is 7.49. The Labute approximate surface area is 96.7 Å². The van der Waals surface area contributed by atoms with Gasteiger partial charge in [-0.15, -0.1) is 0 Å². The summed E-state index contributed by atoms with van der Waals surface area (Å²) >= 11 is 5.48. The average Bonchev–Trinajstić information content (AvgIpc) is 2.26. The minimum Gasteiger partial charge on any atom is -0.249 e. The molecule has 4 nitrogen and oxygen atoms in total. The van der Waals surface area contributed by atoms with Crippen LogP contribution in [0.4, 0.5) is 8.78 Å². The van der Waals surface area contributed by atoms with Gasteiger partial charge in [0, 0.05) is 6.20 Å². The van der Waals surface area contributed by atoms with Crippen LogP contribution in [0.15, 0.2) is 23.2 Å². The van der Waals surface area contributed by atoms with Gasteiger partial charge in [-0.3, -0.25) is 0 Å². The van der Waals surface area contributed by atoms with Crippen LogP contribution in [0.25, 0.3) is 0 Å². The number of halogens is 3. The summed E-state index contributed by atoms with van der Waals surface area (Å²) in [6.07, 6.45) is 1.01. The normalized spacial score (nSPS) is 12.0. The van der Waals surface area contributed by atoms with Gasteiger partial charge in [0.1, 0.15) is 23.4 Å². The van der Waals surface area contributed by atoms with Crippen LogP contribution >= 0.6 is 11.6 Å². The second-order valence-corrected chi connectivity index (χ2v) is 5.04. The lowest BCUT2D eigenvalue weighted by Crippen LogP contribution is -2.37. The summed E-state index contributed by atoms with van der Waals surface area (Å²) in [4.78, 5) is 3.37. The molecule has 0 spiro atoms. The third-order valence-corrected chi connectivity index (χ3v) is 3.43. The lowest BCUT2D eigenvalue weighted by Gasteiger charge is -2.11. The van der Waals surface area contributed by atoms with Crippen molar-refractivity contribution in [3.8, 4) is 0 Å². The van der Waals surface area contributed by atoms with Crippen molar-refractivity contribution in [1.82, 2.24) is 9.71 Å². The van der Waals surface area contributed by atoms with Gasteiger partial charge in [-0.25, -0.2) is 26.9 Å². The van der Waals surface area contributed by atoms with E-state index in [0.717, 1.165) is 6.20 Å². The Kier molecular flexibility index (Phi) is 4.57. The number of hydrogen-bond acceptors (Lipinski definition) is 3. The maximum atomic E-state index is 12.2. The molecule has 0 fully saturated rings. The Bertz CT molecular complexity index is 434. The van der Waals surface area contributed by atoms with Gasteiger partial charge >= 0.3 is 0 Å². The molecule has 0 aliphatic carbocycles. The largest absolute Gasteiger partial charge is 0.249 e. The van der Waals surface area contributed by atoms with Crippen molar-refractivity contribution >= 4 is 21.6 Å². The van der Waals surface area contributed by atoms with Crippen LogP contribution in [0.3, 0.4) is 0 Å². The van der Waals surface area contributed by atoms with Crippen LogP contribution in [0.1, 0.15) is 0 Å². The average molecular weight is 271 g/mol. The molecule has 1 aromatic rings. The molecule has 0 aliphatic rings. The maximum Gasteiger partial charge on any atom is 0.242 e. The molecule has 0 amide bonds. The van der Waals surface area contributed by atoms with Crippen molar-refractivity contribution in [2.24, 2.45) is 0 Å². The molecule has 90 valence electrons. The zero-order valence-corrected chi connectivity index (χ0v) is 9.60. The lowest BCUT2D eigenvalue weighted by molar-refractivity contribution is 0.334. The highest BCUT2D eigenvalue weighted by Crippen LogP contribution is 2.11. The van der Waals surface area contributed by atoms with Crippen molar-refractivity contribution in [1.29, 1.82) is 0 Å². The standard InChI is InChI=1S/C8H9ClF2N2O2S/c9-8-2-1-7(5-12-8)16(14,15)13-6(3-10)4-11/h1-2,5-6,13H,3-4H2. The molecule has 8 heteroatoms. The molecule has 0 saturated heterocycles. The summed E-state index contributed by atoms with van der Waals surface area (Å²) in [6, 6.07) is 1.10. The monoisotopic (exact) mass is 270 g/mol. The minimum atomic E-state index is -3.95. The van der Waals surface area contributed by atoms with Gasteiger partial charge in [0.25, 0.3) is 0 Å². The van der Waals surface area contributed by atoms with Gasteiger partial charge in [0.15, 0.2) is 0 Å². The quantitative estimate of drug-likeness (QED) is 0.821. The Morgan fingerprint density at radius 2 is 2.00 bits per heavy atom. The molecule has 0 aromatic carbocycles. The lowest BCUT2D eigenvalue weighted by atomic mass is 10.4. The van der Waals surface area contributed by atoms with Crippen molar-refractivity contribution in [2.75, 3.05) is 13.3 Å². The first-order valence-corrected chi connectivity index (χ1v) is 6.11. The molecule has 1 rings (SSSR count). The minimum absolute atomic E-state index is 0.131. The summed E-state index contributed by atoms with van der Waals surface area (Å²) in [5.41, 5.74) is 0. The molecule has 1 N–H and O–H groups in total. The van der Waals surface area contributed by atoms with Gasteiger partial charge in [0.2, 0.25) is 10.0 Å². The first kappa shape index (κ1) is 13.3. The first-order valence-electron chi connectivity index (χ1n) is 4.25. The van der Waals surface area contributed by atoms with Crippen LogP contribution in [-0.4, -0.2) is 32.8 Å². The number of aromatic nitrogens is 1. The Balaban J connectivity index is 2.89. The van der Waals surface area contributed by atoms with E-state index in [4.69, 9.17) is 11.6 Å². The highest BCUT2D eigenvalue weighted by Gasteiger charge is 2.20. The Morgan fingerprint density at radius 1 is 1.38 bits per heavy atom. The van der Waals surface area contributed by atoms with E-state index < -0.39 is 29.4 Å². The highest BCUT2D eigenvalue weighted by molar-refractivity contribution is 7.89. The zero-order chi connectivity index (χ0) is 12.2. The number of pyridine rings is 1. The molecule has 0 bridgehead atoms. The fourth-order valence-electron chi connectivity index (χ4n) is 0.913. The maximum absolute atomic E-state index is 12.2. The van der Waals surface area contributed by atoms with E-state index in [1.807, 2.05) is 4.72 Å². The van der Waals surface area contributed by atoms with E-state index >= 15 is 0 Å². The second-order valence-electron chi connectivity index (χ2n) is 2.94. The van der Waals surface area contributed by atoms with Gasteiger partial charge in [-0.1, -0.05) is 11.6 Å². The van der Waals surface area contributed by atoms with Crippen LogP contribution in [0, 0.1) is 0 Å². The van der Waals surface area contributed by atoms with Crippen LogP contribution in [0.2, 0.25) is 5.15 Å². The highest BCUT2D eigenvalue weighted by atomic mass is 35.5. The van der Waals surface area contributed by atoms with E-state index in [1.54, 1.807) is 0 Å². The van der Waals surface area contributed by atoms with Gasteiger partial charge < -0.3 is 0 Å².